The Hall–Kier alpha value is -3.22. The van der Waals surface area contributed by atoms with Crippen molar-refractivity contribution in [2.45, 2.75) is 39.2 Å². The molecule has 2 aromatic carbocycles. The van der Waals surface area contributed by atoms with Crippen molar-refractivity contribution in [2.75, 3.05) is 50.7 Å². The fourth-order valence-electron chi connectivity index (χ4n) is 4.65. The first-order chi connectivity index (χ1) is 20.9. The van der Waals surface area contributed by atoms with E-state index in [1.807, 2.05) is 24.3 Å². The Morgan fingerprint density at radius 3 is 2.70 bits per heavy atom. The van der Waals surface area contributed by atoms with Gasteiger partial charge in [0.1, 0.15) is 0 Å². The lowest BCUT2D eigenvalue weighted by Crippen LogP contribution is -2.27. The molecule has 232 valence electrons. The van der Waals surface area contributed by atoms with Crippen LogP contribution < -0.4 is 25.4 Å². The number of alkyl carbamates (subject to hydrolysis) is 1. The fraction of sp³-hybridized carbons (Fsp3) is 0.433. The number of amides is 2. The molecule has 1 aliphatic rings. The van der Waals surface area contributed by atoms with Gasteiger partial charge in [0.15, 0.2) is 17.3 Å². The lowest BCUT2D eigenvalue weighted by Gasteiger charge is -2.13. The Labute approximate surface area is 265 Å². The van der Waals surface area contributed by atoms with Crippen LogP contribution >= 0.6 is 33.2 Å². The molecule has 1 aliphatic carbocycles. The highest BCUT2D eigenvalue weighted by molar-refractivity contribution is 8.76. The minimum Gasteiger partial charge on any atom is -0.493 e. The van der Waals surface area contributed by atoms with E-state index < -0.39 is 6.09 Å². The van der Waals surface area contributed by atoms with Gasteiger partial charge in [-0.2, -0.15) is 5.10 Å². The van der Waals surface area contributed by atoms with Crippen molar-refractivity contribution in [3.8, 4) is 22.8 Å². The Kier molecular flexibility index (Phi) is 12.6. The second kappa shape index (κ2) is 16.6. The maximum absolute atomic E-state index is 12.1. The number of hydrogen-bond acceptors (Lipinski definition) is 9. The number of aryl methyl sites for hydroxylation is 1. The number of benzene rings is 2. The molecule has 1 aromatic heterocycles. The Morgan fingerprint density at radius 1 is 1.07 bits per heavy atom. The highest BCUT2D eigenvalue weighted by Gasteiger charge is 2.27. The van der Waals surface area contributed by atoms with Gasteiger partial charge in [0.2, 0.25) is 5.91 Å². The molecule has 3 aromatic rings. The summed E-state index contributed by atoms with van der Waals surface area (Å²) in [6.07, 6.45) is 2.82. The summed E-state index contributed by atoms with van der Waals surface area (Å²) in [7, 11) is 6.17. The number of nitrogens with zero attached hydrogens (tertiary/aromatic N) is 1. The van der Waals surface area contributed by atoms with Crippen LogP contribution in [0.15, 0.2) is 30.3 Å². The second-order valence-electron chi connectivity index (χ2n) is 9.91. The van der Waals surface area contributed by atoms with E-state index in [1.165, 1.54) is 17.9 Å². The smallest absolute Gasteiger partial charge is 0.406 e. The fourth-order valence-corrected chi connectivity index (χ4v) is 6.95. The standard InChI is InChI=1S/C30H38ClN5O5S2/c1-19-8-6-9-24(31)23(19)17-34-29-22-14-20-15-26(25(39-2)16-21(20)28(22)35-36-29)41-12-7-11-32-27(37)18-43-42-13-5-4-10-33-30(38)40-3/h6,8-9,15-16H,4-5,7,10-14,17-18H2,1-3H3,(H,32,37)(H,33,38)(H2,34,35,36). The molecule has 0 aliphatic heterocycles. The number of aromatic nitrogens is 2. The van der Waals surface area contributed by atoms with Gasteiger partial charge in [-0.3, -0.25) is 9.89 Å². The maximum Gasteiger partial charge on any atom is 0.406 e. The number of halogens is 1. The van der Waals surface area contributed by atoms with Gasteiger partial charge in [-0.05, 0) is 61.1 Å². The number of ether oxygens (including phenoxy) is 3. The van der Waals surface area contributed by atoms with E-state index in [9.17, 15) is 9.59 Å². The predicted molar refractivity (Wildman–Crippen MR) is 175 cm³/mol. The number of fused-ring (bicyclic) bond motifs is 3. The summed E-state index contributed by atoms with van der Waals surface area (Å²) in [4.78, 5) is 23.1. The number of carbonyl (C=O) groups is 2. The molecule has 4 rings (SSSR count). The van der Waals surface area contributed by atoms with Crippen LogP contribution in [0.3, 0.4) is 0 Å². The van der Waals surface area contributed by atoms with E-state index in [2.05, 4.69) is 43.9 Å². The van der Waals surface area contributed by atoms with Crippen LogP contribution in [0.2, 0.25) is 5.02 Å². The number of anilines is 1. The van der Waals surface area contributed by atoms with E-state index in [4.69, 9.17) is 21.1 Å². The molecular formula is C30H38ClN5O5S2. The van der Waals surface area contributed by atoms with E-state index in [1.54, 1.807) is 17.9 Å². The number of aromatic amines is 1. The monoisotopic (exact) mass is 647 g/mol. The number of hydrogen-bond donors (Lipinski definition) is 4. The zero-order valence-corrected chi connectivity index (χ0v) is 27.0. The Morgan fingerprint density at radius 2 is 1.91 bits per heavy atom. The maximum atomic E-state index is 12.1. The van der Waals surface area contributed by atoms with E-state index >= 15 is 0 Å². The van der Waals surface area contributed by atoms with Gasteiger partial charge >= 0.3 is 6.09 Å². The summed E-state index contributed by atoms with van der Waals surface area (Å²) in [5, 5.41) is 17.5. The zero-order chi connectivity index (χ0) is 30.6. The lowest BCUT2D eigenvalue weighted by atomic mass is 10.1. The van der Waals surface area contributed by atoms with Crippen molar-refractivity contribution in [3.63, 3.8) is 0 Å². The van der Waals surface area contributed by atoms with Crippen LogP contribution in [-0.2, 0) is 22.5 Å². The number of rotatable bonds is 17. The van der Waals surface area contributed by atoms with Crippen LogP contribution in [-0.4, -0.2) is 67.6 Å². The third-order valence-corrected chi connectivity index (χ3v) is 9.67. The first kappa shape index (κ1) is 32.7. The molecule has 0 saturated carbocycles. The quantitative estimate of drug-likeness (QED) is 0.0810. The summed E-state index contributed by atoms with van der Waals surface area (Å²) in [6.45, 7) is 4.21. The highest BCUT2D eigenvalue weighted by atomic mass is 35.5. The van der Waals surface area contributed by atoms with Crippen molar-refractivity contribution < 1.29 is 23.8 Å². The van der Waals surface area contributed by atoms with Gasteiger partial charge in [0.25, 0.3) is 0 Å². The van der Waals surface area contributed by atoms with Crippen LogP contribution in [0.4, 0.5) is 10.6 Å². The van der Waals surface area contributed by atoms with Gasteiger partial charge in [0.05, 0.1) is 32.3 Å². The van der Waals surface area contributed by atoms with Crippen LogP contribution in [0, 0.1) is 6.92 Å². The molecule has 0 bridgehead atoms. The van der Waals surface area contributed by atoms with Gasteiger partial charge in [-0.25, -0.2) is 4.79 Å². The van der Waals surface area contributed by atoms with Crippen molar-refractivity contribution in [1.82, 2.24) is 20.8 Å². The van der Waals surface area contributed by atoms with Gasteiger partial charge in [-0.1, -0.05) is 45.3 Å². The van der Waals surface area contributed by atoms with E-state index in [0.717, 1.165) is 69.4 Å². The molecule has 2 amide bonds. The molecule has 4 N–H and O–H groups in total. The van der Waals surface area contributed by atoms with E-state index in [0.29, 0.717) is 49.9 Å². The molecule has 0 saturated heterocycles. The van der Waals surface area contributed by atoms with Gasteiger partial charge in [0, 0.05) is 48.0 Å². The second-order valence-corrected chi connectivity index (χ2v) is 12.9. The largest absolute Gasteiger partial charge is 0.493 e. The first-order valence-corrected chi connectivity index (χ1v) is 17.0. The van der Waals surface area contributed by atoms with Gasteiger partial charge < -0.3 is 30.2 Å². The summed E-state index contributed by atoms with van der Waals surface area (Å²) >= 11 is 6.41. The summed E-state index contributed by atoms with van der Waals surface area (Å²) in [5.74, 6) is 3.46. The van der Waals surface area contributed by atoms with Crippen LogP contribution in [0.25, 0.3) is 11.3 Å². The zero-order valence-electron chi connectivity index (χ0n) is 24.6. The average molecular weight is 648 g/mol. The van der Waals surface area contributed by atoms with E-state index in [-0.39, 0.29) is 5.91 Å². The van der Waals surface area contributed by atoms with Gasteiger partial charge in [-0.15, -0.1) is 0 Å². The minimum absolute atomic E-state index is 0.00355. The van der Waals surface area contributed by atoms with Crippen molar-refractivity contribution in [2.24, 2.45) is 0 Å². The Balaban J connectivity index is 1.17. The number of carbonyl (C=O) groups excluding carboxylic acids is 2. The molecule has 0 radical (unpaired) electrons. The molecule has 0 atom stereocenters. The number of methoxy groups -OCH3 is 2. The predicted octanol–water partition coefficient (Wildman–Crippen LogP) is 5.97. The van der Waals surface area contributed by atoms with Crippen molar-refractivity contribution >= 4 is 51.0 Å². The summed E-state index contributed by atoms with van der Waals surface area (Å²) in [6, 6.07) is 9.92. The molecule has 43 heavy (non-hydrogen) atoms. The molecule has 1 heterocycles. The Bertz CT molecular complexity index is 1380. The average Bonchev–Trinajstić information content (AvgIpc) is 3.56. The van der Waals surface area contributed by atoms with Crippen LogP contribution in [0.5, 0.6) is 11.5 Å². The topological polar surface area (TPSA) is 127 Å². The van der Waals surface area contributed by atoms with Crippen LogP contribution in [0.1, 0.15) is 41.5 Å². The number of unbranched alkanes of at least 4 members (excludes halogenated alkanes) is 1. The molecule has 0 unspecified atom stereocenters. The summed E-state index contributed by atoms with van der Waals surface area (Å²) in [5.41, 5.74) is 6.46. The highest BCUT2D eigenvalue weighted by Crippen LogP contribution is 2.44. The number of H-pyrrole nitrogens is 1. The molecule has 13 heteroatoms. The lowest BCUT2D eigenvalue weighted by molar-refractivity contribution is -0.118. The molecule has 10 nitrogen and oxygen atoms in total. The SMILES string of the molecule is COC(=O)NCCCCSSCC(=O)NCCCOc1cc2c(cc1OC)-c1[nH]nc(NCc3c(C)cccc3Cl)c1C2. The number of nitrogens with one attached hydrogen (secondary N) is 4. The van der Waals surface area contributed by atoms with Crippen molar-refractivity contribution in [1.29, 1.82) is 0 Å². The normalized spacial score (nSPS) is 11.4. The third kappa shape index (κ3) is 9.14. The van der Waals surface area contributed by atoms with Crippen molar-refractivity contribution in [3.05, 3.63) is 57.6 Å². The minimum atomic E-state index is -0.410. The summed E-state index contributed by atoms with van der Waals surface area (Å²) < 4.78 is 16.2. The third-order valence-electron chi connectivity index (χ3n) is 6.96. The molecule has 0 fully saturated rings. The first-order valence-electron chi connectivity index (χ1n) is 14.1. The molecular weight excluding hydrogens is 610 g/mol. The molecule has 0 spiro atoms.